The van der Waals surface area contributed by atoms with Gasteiger partial charge in [-0.25, -0.2) is 4.98 Å². The first-order chi connectivity index (χ1) is 11.6. The van der Waals surface area contributed by atoms with Crippen LogP contribution in [-0.2, 0) is 11.2 Å². The second kappa shape index (κ2) is 7.73. The van der Waals surface area contributed by atoms with E-state index in [0.717, 1.165) is 50.9 Å². The van der Waals surface area contributed by atoms with E-state index < -0.39 is 0 Å². The van der Waals surface area contributed by atoms with Crippen molar-refractivity contribution in [1.82, 2.24) is 20.2 Å². The molecule has 1 saturated heterocycles. The van der Waals surface area contributed by atoms with Gasteiger partial charge < -0.3 is 10.2 Å². The zero-order chi connectivity index (χ0) is 16.9. The van der Waals surface area contributed by atoms with Crippen molar-refractivity contribution < 1.29 is 9.59 Å². The van der Waals surface area contributed by atoms with Crippen molar-refractivity contribution in [2.75, 3.05) is 13.1 Å². The Kier molecular flexibility index (Phi) is 5.43. The van der Waals surface area contributed by atoms with E-state index in [9.17, 15) is 9.59 Å². The van der Waals surface area contributed by atoms with E-state index in [-0.39, 0.29) is 17.9 Å². The SMILES string of the molecule is CC(=O)N1CCC[C@H](Cc2cncc(C(=O)NC3CCCC3)n2)C1. The number of carbonyl (C=O) groups excluding carboxylic acids is 2. The molecule has 0 unspecified atom stereocenters. The minimum absolute atomic E-state index is 0.120. The topological polar surface area (TPSA) is 75.2 Å². The monoisotopic (exact) mass is 330 g/mol. The third-order valence-corrected chi connectivity index (χ3v) is 5.07. The number of hydrogen-bond donors (Lipinski definition) is 1. The molecule has 0 aromatic carbocycles. The van der Waals surface area contributed by atoms with Gasteiger partial charge in [-0.2, -0.15) is 0 Å². The van der Waals surface area contributed by atoms with E-state index in [0.29, 0.717) is 11.6 Å². The number of nitrogens with zero attached hydrogens (tertiary/aromatic N) is 3. The van der Waals surface area contributed by atoms with Crippen LogP contribution < -0.4 is 5.32 Å². The van der Waals surface area contributed by atoms with Crippen LogP contribution >= 0.6 is 0 Å². The lowest BCUT2D eigenvalue weighted by molar-refractivity contribution is -0.130. The molecule has 1 N–H and O–H groups in total. The Morgan fingerprint density at radius 3 is 2.75 bits per heavy atom. The highest BCUT2D eigenvalue weighted by molar-refractivity contribution is 5.92. The second-order valence-corrected chi connectivity index (χ2v) is 7.03. The summed E-state index contributed by atoms with van der Waals surface area (Å²) in [5, 5.41) is 3.05. The van der Waals surface area contributed by atoms with Crippen LogP contribution in [0.2, 0.25) is 0 Å². The summed E-state index contributed by atoms with van der Waals surface area (Å²) < 4.78 is 0. The summed E-state index contributed by atoms with van der Waals surface area (Å²) in [5.41, 5.74) is 1.24. The highest BCUT2D eigenvalue weighted by Crippen LogP contribution is 2.20. The van der Waals surface area contributed by atoms with Gasteiger partial charge in [-0.1, -0.05) is 12.8 Å². The first-order valence-electron chi connectivity index (χ1n) is 8.99. The summed E-state index contributed by atoms with van der Waals surface area (Å²) in [6, 6.07) is 0.283. The minimum atomic E-state index is -0.120. The number of hydrogen-bond acceptors (Lipinski definition) is 4. The van der Waals surface area contributed by atoms with Gasteiger partial charge in [-0.05, 0) is 38.0 Å². The molecule has 3 rings (SSSR count). The number of amides is 2. The lowest BCUT2D eigenvalue weighted by atomic mass is 9.93. The molecule has 2 amide bonds. The molecule has 6 heteroatoms. The minimum Gasteiger partial charge on any atom is -0.348 e. The van der Waals surface area contributed by atoms with Gasteiger partial charge in [0.15, 0.2) is 0 Å². The summed E-state index contributed by atoms with van der Waals surface area (Å²) in [4.78, 5) is 34.5. The van der Waals surface area contributed by atoms with Crippen molar-refractivity contribution in [2.24, 2.45) is 5.92 Å². The van der Waals surface area contributed by atoms with Crippen LogP contribution in [0.4, 0.5) is 0 Å². The van der Waals surface area contributed by atoms with Crippen LogP contribution in [0.1, 0.15) is 61.6 Å². The molecule has 1 aromatic rings. The summed E-state index contributed by atoms with van der Waals surface area (Å²) in [6.45, 7) is 3.24. The van der Waals surface area contributed by atoms with Crippen molar-refractivity contribution >= 4 is 11.8 Å². The Morgan fingerprint density at radius 1 is 1.21 bits per heavy atom. The Labute approximate surface area is 143 Å². The van der Waals surface area contributed by atoms with Gasteiger partial charge >= 0.3 is 0 Å². The summed E-state index contributed by atoms with van der Waals surface area (Å²) in [5.74, 6) is 0.408. The molecule has 2 heterocycles. The van der Waals surface area contributed by atoms with Gasteiger partial charge in [-0.3, -0.25) is 14.6 Å². The molecule has 130 valence electrons. The number of nitrogens with one attached hydrogen (secondary N) is 1. The summed E-state index contributed by atoms with van der Waals surface area (Å²) in [6.07, 6.45) is 10.6. The van der Waals surface area contributed by atoms with Gasteiger partial charge in [0.25, 0.3) is 5.91 Å². The van der Waals surface area contributed by atoms with Crippen LogP contribution in [-0.4, -0.2) is 45.8 Å². The number of piperidine rings is 1. The van der Waals surface area contributed by atoms with Crippen LogP contribution in [0, 0.1) is 5.92 Å². The Balaban J connectivity index is 1.60. The molecule has 6 nitrogen and oxygen atoms in total. The highest BCUT2D eigenvalue weighted by atomic mass is 16.2. The third kappa shape index (κ3) is 4.30. The maximum Gasteiger partial charge on any atom is 0.271 e. The number of likely N-dealkylation sites (tertiary alicyclic amines) is 1. The van der Waals surface area contributed by atoms with E-state index in [2.05, 4.69) is 15.3 Å². The van der Waals surface area contributed by atoms with E-state index in [1.165, 1.54) is 19.0 Å². The molecular weight excluding hydrogens is 304 g/mol. The molecule has 2 aliphatic rings. The zero-order valence-corrected chi connectivity index (χ0v) is 14.3. The van der Waals surface area contributed by atoms with Gasteiger partial charge in [0.05, 0.1) is 11.9 Å². The second-order valence-electron chi connectivity index (χ2n) is 7.03. The maximum absolute atomic E-state index is 12.3. The van der Waals surface area contributed by atoms with Crippen LogP contribution in [0.3, 0.4) is 0 Å². The van der Waals surface area contributed by atoms with Crippen LogP contribution in [0.25, 0.3) is 0 Å². The Hall–Kier alpha value is -1.98. The lowest BCUT2D eigenvalue weighted by Crippen LogP contribution is -2.39. The van der Waals surface area contributed by atoms with E-state index in [4.69, 9.17) is 0 Å². The first kappa shape index (κ1) is 16.9. The number of rotatable bonds is 4. The molecule has 1 aromatic heterocycles. The van der Waals surface area contributed by atoms with Gasteiger partial charge in [0, 0.05) is 32.3 Å². The Bertz CT molecular complexity index is 598. The molecule has 0 radical (unpaired) electrons. The molecule has 1 aliphatic carbocycles. The maximum atomic E-state index is 12.3. The largest absolute Gasteiger partial charge is 0.348 e. The average Bonchev–Trinajstić information content (AvgIpc) is 3.08. The number of carbonyl (C=O) groups is 2. The van der Waals surface area contributed by atoms with Crippen molar-refractivity contribution in [1.29, 1.82) is 0 Å². The number of aromatic nitrogens is 2. The molecule has 1 aliphatic heterocycles. The standard InChI is InChI=1S/C18H26N4O2/c1-13(23)22-8-4-5-14(12-22)9-16-10-19-11-17(20-16)18(24)21-15-6-2-3-7-15/h10-11,14-15H,2-9,12H2,1H3,(H,21,24)/t14-/m1/s1. The molecule has 24 heavy (non-hydrogen) atoms. The van der Waals surface area contributed by atoms with Gasteiger partial charge in [0.1, 0.15) is 5.69 Å². The van der Waals surface area contributed by atoms with Gasteiger partial charge in [0.2, 0.25) is 5.91 Å². The molecule has 1 saturated carbocycles. The van der Waals surface area contributed by atoms with Crippen LogP contribution in [0.5, 0.6) is 0 Å². The summed E-state index contributed by atoms with van der Waals surface area (Å²) >= 11 is 0. The highest BCUT2D eigenvalue weighted by Gasteiger charge is 2.23. The zero-order valence-electron chi connectivity index (χ0n) is 14.3. The fraction of sp³-hybridized carbons (Fsp3) is 0.667. The molecule has 2 fully saturated rings. The third-order valence-electron chi connectivity index (χ3n) is 5.07. The van der Waals surface area contributed by atoms with E-state index >= 15 is 0 Å². The molecule has 0 bridgehead atoms. The van der Waals surface area contributed by atoms with Crippen LogP contribution in [0.15, 0.2) is 12.4 Å². The van der Waals surface area contributed by atoms with Crippen molar-refractivity contribution in [3.8, 4) is 0 Å². The first-order valence-corrected chi connectivity index (χ1v) is 8.99. The predicted octanol–water partition coefficient (Wildman–Crippen LogP) is 1.95. The molecular formula is C18H26N4O2. The van der Waals surface area contributed by atoms with Crippen molar-refractivity contribution in [3.63, 3.8) is 0 Å². The Morgan fingerprint density at radius 2 is 2.00 bits per heavy atom. The average molecular weight is 330 g/mol. The quantitative estimate of drug-likeness (QED) is 0.915. The fourth-order valence-electron chi connectivity index (χ4n) is 3.76. The molecule has 1 atom stereocenters. The smallest absolute Gasteiger partial charge is 0.271 e. The van der Waals surface area contributed by atoms with Gasteiger partial charge in [-0.15, -0.1) is 0 Å². The van der Waals surface area contributed by atoms with E-state index in [1.807, 2.05) is 4.90 Å². The van der Waals surface area contributed by atoms with Crippen molar-refractivity contribution in [3.05, 3.63) is 23.8 Å². The lowest BCUT2D eigenvalue weighted by Gasteiger charge is -2.31. The molecule has 0 spiro atoms. The van der Waals surface area contributed by atoms with Crippen molar-refractivity contribution in [2.45, 2.75) is 57.9 Å². The van der Waals surface area contributed by atoms with E-state index in [1.54, 1.807) is 13.1 Å². The normalized spacial score (nSPS) is 21.7. The summed E-state index contributed by atoms with van der Waals surface area (Å²) in [7, 11) is 0. The predicted molar refractivity (Wildman–Crippen MR) is 90.4 cm³/mol. The fourth-order valence-corrected chi connectivity index (χ4v) is 3.76.